The minimum atomic E-state index is -3.78. The van der Waals surface area contributed by atoms with Gasteiger partial charge in [-0.25, -0.2) is 12.8 Å². The highest BCUT2D eigenvalue weighted by molar-refractivity contribution is 7.89. The van der Waals surface area contributed by atoms with Crippen LogP contribution in [0.1, 0.15) is 18.4 Å². The van der Waals surface area contributed by atoms with E-state index in [0.29, 0.717) is 13.0 Å². The van der Waals surface area contributed by atoms with Crippen LogP contribution in [0.25, 0.3) is 0 Å². The van der Waals surface area contributed by atoms with Crippen molar-refractivity contribution < 1.29 is 12.8 Å². The Morgan fingerprint density at radius 2 is 1.73 bits per heavy atom. The van der Waals surface area contributed by atoms with Crippen LogP contribution in [0.3, 0.4) is 0 Å². The zero-order valence-corrected chi connectivity index (χ0v) is 13.0. The fraction of sp³-hybridized carbons (Fsp3) is 0.294. The van der Waals surface area contributed by atoms with Crippen LogP contribution in [-0.2, 0) is 16.4 Å². The summed E-state index contributed by atoms with van der Waals surface area (Å²) in [6, 6.07) is 15.3. The molecule has 1 unspecified atom stereocenters. The Hall–Kier alpha value is -1.72. The number of hydrogen-bond donors (Lipinski definition) is 0. The molecule has 1 aliphatic rings. The second kappa shape index (κ2) is 6.18. The van der Waals surface area contributed by atoms with Gasteiger partial charge in [0, 0.05) is 12.6 Å². The highest BCUT2D eigenvalue weighted by Crippen LogP contribution is 2.29. The lowest BCUT2D eigenvalue weighted by Crippen LogP contribution is -2.37. The van der Waals surface area contributed by atoms with Crippen LogP contribution in [0.2, 0.25) is 0 Å². The lowest BCUT2D eigenvalue weighted by atomic mass is 10.1. The molecular formula is C17H18FNO2S. The van der Waals surface area contributed by atoms with Crippen LogP contribution in [-0.4, -0.2) is 25.3 Å². The van der Waals surface area contributed by atoms with Crippen molar-refractivity contribution in [2.24, 2.45) is 0 Å². The van der Waals surface area contributed by atoms with Crippen molar-refractivity contribution in [3.05, 3.63) is 66.0 Å². The molecule has 0 aliphatic carbocycles. The fourth-order valence-corrected chi connectivity index (χ4v) is 4.76. The van der Waals surface area contributed by atoms with Gasteiger partial charge in [0.2, 0.25) is 10.0 Å². The maximum absolute atomic E-state index is 13.9. The molecule has 0 saturated carbocycles. The molecule has 0 bridgehead atoms. The molecule has 2 aromatic carbocycles. The van der Waals surface area contributed by atoms with Crippen LogP contribution in [0.5, 0.6) is 0 Å². The van der Waals surface area contributed by atoms with Gasteiger partial charge in [0.25, 0.3) is 0 Å². The lowest BCUT2D eigenvalue weighted by molar-refractivity contribution is 0.383. The molecule has 0 N–H and O–H groups in total. The third kappa shape index (κ3) is 2.91. The highest BCUT2D eigenvalue weighted by atomic mass is 32.2. The standard InChI is InChI=1S/C17H18FNO2S/c18-16-10-4-5-11-17(16)22(20,21)19-12-6-9-15(19)13-14-7-2-1-3-8-14/h1-5,7-8,10-11,15H,6,9,12-13H2. The summed E-state index contributed by atoms with van der Waals surface area (Å²) in [7, 11) is -3.78. The Kier molecular flexibility index (Phi) is 4.27. The van der Waals surface area contributed by atoms with Gasteiger partial charge in [-0.3, -0.25) is 0 Å². The molecule has 0 radical (unpaired) electrons. The molecule has 0 spiro atoms. The molecule has 22 heavy (non-hydrogen) atoms. The van der Waals surface area contributed by atoms with E-state index < -0.39 is 15.8 Å². The van der Waals surface area contributed by atoms with E-state index in [4.69, 9.17) is 0 Å². The molecule has 1 saturated heterocycles. The number of halogens is 1. The van der Waals surface area contributed by atoms with Crippen molar-refractivity contribution in [2.45, 2.75) is 30.2 Å². The summed E-state index contributed by atoms with van der Waals surface area (Å²) < 4.78 is 40.8. The Balaban J connectivity index is 1.88. The number of sulfonamides is 1. The summed E-state index contributed by atoms with van der Waals surface area (Å²) in [6.07, 6.45) is 2.28. The van der Waals surface area contributed by atoms with Gasteiger partial charge in [-0.1, -0.05) is 42.5 Å². The first-order valence-electron chi connectivity index (χ1n) is 7.39. The van der Waals surface area contributed by atoms with Gasteiger partial charge in [-0.05, 0) is 37.0 Å². The van der Waals surface area contributed by atoms with Crippen LogP contribution in [0, 0.1) is 5.82 Å². The Labute approximate surface area is 130 Å². The highest BCUT2D eigenvalue weighted by Gasteiger charge is 2.36. The van der Waals surface area contributed by atoms with Crippen molar-refractivity contribution in [3.8, 4) is 0 Å². The summed E-state index contributed by atoms with van der Waals surface area (Å²) >= 11 is 0. The van der Waals surface area contributed by atoms with E-state index in [1.54, 1.807) is 6.07 Å². The molecule has 1 fully saturated rings. The SMILES string of the molecule is O=S(=O)(c1ccccc1F)N1CCCC1Cc1ccccc1. The van der Waals surface area contributed by atoms with Crippen molar-refractivity contribution in [2.75, 3.05) is 6.54 Å². The van der Waals surface area contributed by atoms with Crippen molar-refractivity contribution in [1.29, 1.82) is 0 Å². The van der Waals surface area contributed by atoms with Gasteiger partial charge in [-0.15, -0.1) is 0 Å². The van der Waals surface area contributed by atoms with E-state index in [-0.39, 0.29) is 10.9 Å². The smallest absolute Gasteiger partial charge is 0.207 e. The van der Waals surface area contributed by atoms with Gasteiger partial charge in [0.05, 0.1) is 0 Å². The molecule has 1 heterocycles. The van der Waals surface area contributed by atoms with Gasteiger partial charge >= 0.3 is 0 Å². The average Bonchev–Trinajstić information content (AvgIpc) is 2.97. The van der Waals surface area contributed by atoms with Crippen LogP contribution in [0.4, 0.5) is 4.39 Å². The van der Waals surface area contributed by atoms with Gasteiger partial charge in [0.15, 0.2) is 0 Å². The molecule has 3 rings (SSSR count). The molecule has 3 nitrogen and oxygen atoms in total. The monoisotopic (exact) mass is 319 g/mol. The first-order chi connectivity index (χ1) is 10.6. The minimum absolute atomic E-state index is 0.105. The summed E-state index contributed by atoms with van der Waals surface area (Å²) in [4.78, 5) is -0.227. The van der Waals surface area contributed by atoms with Gasteiger partial charge in [-0.2, -0.15) is 4.31 Å². The molecule has 2 aromatic rings. The van der Waals surface area contributed by atoms with E-state index in [0.717, 1.165) is 18.4 Å². The largest absolute Gasteiger partial charge is 0.246 e. The average molecular weight is 319 g/mol. The molecule has 0 aromatic heterocycles. The summed E-state index contributed by atoms with van der Waals surface area (Å²) in [5.41, 5.74) is 1.10. The minimum Gasteiger partial charge on any atom is -0.207 e. The first kappa shape index (κ1) is 15.2. The zero-order valence-electron chi connectivity index (χ0n) is 12.2. The van der Waals surface area contributed by atoms with Gasteiger partial charge < -0.3 is 0 Å². The lowest BCUT2D eigenvalue weighted by Gasteiger charge is -2.24. The number of rotatable bonds is 4. The molecule has 1 atom stereocenters. The molecule has 0 amide bonds. The van der Waals surface area contributed by atoms with E-state index in [2.05, 4.69) is 0 Å². The summed E-state index contributed by atoms with van der Waals surface area (Å²) in [6.45, 7) is 0.453. The predicted molar refractivity (Wildman–Crippen MR) is 83.5 cm³/mol. The molecular weight excluding hydrogens is 301 g/mol. The maximum Gasteiger partial charge on any atom is 0.246 e. The van der Waals surface area contributed by atoms with E-state index in [1.807, 2.05) is 30.3 Å². The molecule has 116 valence electrons. The Morgan fingerprint density at radius 3 is 2.45 bits per heavy atom. The van der Waals surface area contributed by atoms with Crippen LogP contribution >= 0.6 is 0 Å². The second-order valence-electron chi connectivity index (χ2n) is 5.53. The first-order valence-corrected chi connectivity index (χ1v) is 8.83. The topological polar surface area (TPSA) is 37.4 Å². The Morgan fingerprint density at radius 1 is 1.05 bits per heavy atom. The quantitative estimate of drug-likeness (QED) is 0.868. The fourth-order valence-electron chi connectivity index (χ4n) is 3.00. The Bertz CT molecular complexity index is 746. The molecule has 1 aliphatic heterocycles. The predicted octanol–water partition coefficient (Wildman–Crippen LogP) is 3.22. The number of hydrogen-bond acceptors (Lipinski definition) is 2. The molecule has 5 heteroatoms. The summed E-state index contributed by atoms with van der Waals surface area (Å²) in [5.74, 6) is -0.687. The van der Waals surface area contributed by atoms with E-state index in [1.165, 1.54) is 22.5 Å². The van der Waals surface area contributed by atoms with Gasteiger partial charge in [0.1, 0.15) is 10.7 Å². The number of nitrogens with zero attached hydrogens (tertiary/aromatic N) is 1. The third-order valence-electron chi connectivity index (χ3n) is 4.06. The van der Waals surface area contributed by atoms with Crippen molar-refractivity contribution >= 4 is 10.0 Å². The van der Waals surface area contributed by atoms with E-state index in [9.17, 15) is 12.8 Å². The van der Waals surface area contributed by atoms with Crippen LogP contribution < -0.4 is 0 Å². The summed E-state index contributed by atoms with van der Waals surface area (Å²) in [5, 5.41) is 0. The third-order valence-corrected chi connectivity index (χ3v) is 6.05. The van der Waals surface area contributed by atoms with E-state index >= 15 is 0 Å². The van der Waals surface area contributed by atoms with Crippen LogP contribution in [0.15, 0.2) is 59.5 Å². The van der Waals surface area contributed by atoms with Crippen molar-refractivity contribution in [1.82, 2.24) is 4.31 Å². The number of benzene rings is 2. The van der Waals surface area contributed by atoms with Crippen molar-refractivity contribution in [3.63, 3.8) is 0 Å². The normalized spacial score (nSPS) is 19.4. The zero-order chi connectivity index (χ0) is 15.6. The second-order valence-corrected chi connectivity index (χ2v) is 7.39. The maximum atomic E-state index is 13.9.